The summed E-state index contributed by atoms with van der Waals surface area (Å²) in [6.45, 7) is -0.710. The number of aliphatic carboxylic acids is 3. The van der Waals surface area contributed by atoms with Crippen LogP contribution in [0.5, 0.6) is 0 Å². The average molecular weight is 260 g/mol. The van der Waals surface area contributed by atoms with Crippen molar-refractivity contribution >= 4 is 23.8 Å². The van der Waals surface area contributed by atoms with Gasteiger partial charge in [-0.15, -0.1) is 0 Å². The van der Waals surface area contributed by atoms with Crippen molar-refractivity contribution in [1.82, 2.24) is 10.2 Å². The Morgan fingerprint density at radius 3 is 2.39 bits per heavy atom. The van der Waals surface area contributed by atoms with Crippen LogP contribution in [-0.2, 0) is 19.2 Å². The Labute approximate surface area is 101 Å². The maximum Gasteiger partial charge on any atom is 0.327 e. The molecule has 1 aliphatic heterocycles. The van der Waals surface area contributed by atoms with Gasteiger partial charge in [0.25, 0.3) is 0 Å². The summed E-state index contributed by atoms with van der Waals surface area (Å²) in [5, 5.41) is 28.7. The van der Waals surface area contributed by atoms with E-state index in [1.807, 2.05) is 0 Å². The van der Waals surface area contributed by atoms with Gasteiger partial charge in [0.1, 0.15) is 12.1 Å². The smallest absolute Gasteiger partial charge is 0.327 e. The number of carboxylic acids is 3. The minimum absolute atomic E-state index is 0.333. The topological polar surface area (TPSA) is 144 Å². The molecule has 2 unspecified atom stereocenters. The second-order valence-electron chi connectivity index (χ2n) is 3.77. The fraction of sp³-hybridized carbons (Fsp3) is 0.556. The Morgan fingerprint density at radius 2 is 1.94 bits per heavy atom. The highest BCUT2D eigenvalue weighted by Gasteiger charge is 2.37. The van der Waals surface area contributed by atoms with E-state index < -0.39 is 42.3 Å². The van der Waals surface area contributed by atoms with Crippen LogP contribution < -0.4 is 5.32 Å². The second-order valence-corrected chi connectivity index (χ2v) is 3.77. The molecule has 9 nitrogen and oxygen atoms in total. The quantitative estimate of drug-likeness (QED) is 0.436. The number of amides is 1. The predicted octanol–water partition coefficient (Wildman–Crippen LogP) is -2.20. The van der Waals surface area contributed by atoms with Gasteiger partial charge in [0.2, 0.25) is 5.91 Å². The van der Waals surface area contributed by atoms with Crippen molar-refractivity contribution in [2.45, 2.75) is 18.5 Å². The number of nitrogens with zero attached hydrogens (tertiary/aromatic N) is 1. The third kappa shape index (κ3) is 3.17. The fourth-order valence-electron chi connectivity index (χ4n) is 1.64. The normalized spacial score (nSPS) is 21.4. The number of carbonyl (C=O) groups is 4. The van der Waals surface area contributed by atoms with E-state index in [0.717, 1.165) is 4.90 Å². The lowest BCUT2D eigenvalue weighted by molar-refractivity contribution is -0.157. The zero-order valence-corrected chi connectivity index (χ0v) is 9.20. The van der Waals surface area contributed by atoms with Crippen LogP contribution in [0.2, 0.25) is 0 Å². The fourth-order valence-corrected chi connectivity index (χ4v) is 1.64. The molecule has 0 spiro atoms. The van der Waals surface area contributed by atoms with Gasteiger partial charge < -0.3 is 20.2 Å². The van der Waals surface area contributed by atoms with Crippen molar-refractivity contribution in [2.75, 3.05) is 13.1 Å². The lowest BCUT2D eigenvalue weighted by Gasteiger charge is -2.34. The summed E-state index contributed by atoms with van der Waals surface area (Å²) < 4.78 is 0. The van der Waals surface area contributed by atoms with E-state index >= 15 is 0 Å². The van der Waals surface area contributed by atoms with Crippen LogP contribution in [0.25, 0.3) is 0 Å². The number of hydrogen-bond donors (Lipinski definition) is 4. The van der Waals surface area contributed by atoms with E-state index in [-0.39, 0.29) is 13.1 Å². The molecular weight excluding hydrogens is 248 g/mol. The zero-order valence-electron chi connectivity index (χ0n) is 9.20. The molecule has 0 radical (unpaired) electrons. The van der Waals surface area contributed by atoms with Crippen molar-refractivity contribution in [3.05, 3.63) is 0 Å². The van der Waals surface area contributed by atoms with Gasteiger partial charge in [0.15, 0.2) is 0 Å². The first-order valence-electron chi connectivity index (χ1n) is 5.03. The second kappa shape index (κ2) is 5.45. The summed E-state index contributed by atoms with van der Waals surface area (Å²) in [7, 11) is 0. The van der Waals surface area contributed by atoms with Crippen LogP contribution in [-0.4, -0.2) is 69.2 Å². The molecule has 100 valence electrons. The van der Waals surface area contributed by atoms with Crippen LogP contribution in [0.15, 0.2) is 0 Å². The van der Waals surface area contributed by atoms with Crippen molar-refractivity contribution in [3.8, 4) is 0 Å². The molecule has 9 heteroatoms. The first kappa shape index (κ1) is 13.9. The third-order valence-electron chi connectivity index (χ3n) is 2.53. The largest absolute Gasteiger partial charge is 0.481 e. The molecule has 0 aromatic heterocycles. The van der Waals surface area contributed by atoms with Crippen LogP contribution >= 0.6 is 0 Å². The summed E-state index contributed by atoms with van der Waals surface area (Å²) in [6, 6.07) is -2.66. The molecule has 4 N–H and O–H groups in total. The van der Waals surface area contributed by atoms with Gasteiger partial charge in [-0.25, -0.2) is 4.79 Å². The average Bonchev–Trinajstić information content (AvgIpc) is 2.26. The maximum absolute atomic E-state index is 11.5. The number of piperazine rings is 1. The molecule has 1 rings (SSSR count). The van der Waals surface area contributed by atoms with Crippen molar-refractivity contribution in [1.29, 1.82) is 0 Å². The van der Waals surface area contributed by atoms with Gasteiger partial charge in [-0.05, 0) is 0 Å². The molecule has 0 aliphatic carbocycles. The summed E-state index contributed by atoms with van der Waals surface area (Å²) >= 11 is 0. The molecule has 1 saturated heterocycles. The number of carboxylic acid groups (broad SMARTS) is 3. The Hall–Kier alpha value is -2.16. The molecule has 0 aromatic rings. The highest BCUT2D eigenvalue weighted by Crippen LogP contribution is 2.10. The van der Waals surface area contributed by atoms with Crippen molar-refractivity contribution in [3.63, 3.8) is 0 Å². The van der Waals surface area contributed by atoms with Gasteiger partial charge in [0.05, 0.1) is 13.0 Å². The van der Waals surface area contributed by atoms with Gasteiger partial charge >= 0.3 is 17.9 Å². The predicted molar refractivity (Wildman–Crippen MR) is 54.8 cm³/mol. The minimum Gasteiger partial charge on any atom is -0.481 e. The molecule has 0 aromatic carbocycles. The zero-order chi connectivity index (χ0) is 13.9. The van der Waals surface area contributed by atoms with Crippen LogP contribution in [0.3, 0.4) is 0 Å². The lowest BCUT2D eigenvalue weighted by Crippen LogP contribution is -2.61. The number of nitrogens with one attached hydrogen (secondary N) is 1. The van der Waals surface area contributed by atoms with Crippen LogP contribution in [0.1, 0.15) is 6.42 Å². The molecule has 2 atom stereocenters. The lowest BCUT2D eigenvalue weighted by atomic mass is 10.1. The number of carbonyl (C=O) groups excluding carboxylic acids is 1. The molecule has 18 heavy (non-hydrogen) atoms. The summed E-state index contributed by atoms with van der Waals surface area (Å²) in [5.74, 6) is -4.72. The molecule has 0 bridgehead atoms. The first-order chi connectivity index (χ1) is 8.32. The van der Waals surface area contributed by atoms with E-state index in [2.05, 4.69) is 5.32 Å². The van der Waals surface area contributed by atoms with Crippen molar-refractivity contribution in [2.24, 2.45) is 0 Å². The summed E-state index contributed by atoms with van der Waals surface area (Å²) in [4.78, 5) is 44.5. The first-order valence-corrected chi connectivity index (χ1v) is 5.03. The van der Waals surface area contributed by atoms with E-state index in [1.54, 1.807) is 0 Å². The SMILES string of the molecule is O=C(O)CC(C(=O)O)N1CC(C(=O)O)NCC1=O. The van der Waals surface area contributed by atoms with Crippen molar-refractivity contribution < 1.29 is 34.5 Å². The molecule has 1 fully saturated rings. The maximum atomic E-state index is 11.5. The third-order valence-corrected chi connectivity index (χ3v) is 2.53. The molecule has 1 heterocycles. The van der Waals surface area contributed by atoms with Crippen LogP contribution in [0, 0.1) is 0 Å². The Kier molecular flexibility index (Phi) is 4.21. The van der Waals surface area contributed by atoms with Crippen LogP contribution in [0.4, 0.5) is 0 Å². The van der Waals surface area contributed by atoms with Gasteiger partial charge in [-0.3, -0.25) is 19.7 Å². The van der Waals surface area contributed by atoms with Gasteiger partial charge in [-0.2, -0.15) is 0 Å². The highest BCUT2D eigenvalue weighted by atomic mass is 16.4. The summed E-state index contributed by atoms with van der Waals surface area (Å²) in [6.07, 6.45) is -0.770. The Morgan fingerprint density at radius 1 is 1.33 bits per heavy atom. The molecule has 0 saturated carbocycles. The number of rotatable bonds is 5. The van der Waals surface area contributed by atoms with Gasteiger partial charge in [-0.1, -0.05) is 0 Å². The minimum atomic E-state index is -1.56. The monoisotopic (exact) mass is 260 g/mol. The van der Waals surface area contributed by atoms with Gasteiger partial charge in [0, 0.05) is 6.54 Å². The van der Waals surface area contributed by atoms with E-state index in [1.165, 1.54) is 0 Å². The highest BCUT2D eigenvalue weighted by molar-refractivity contribution is 5.89. The van der Waals surface area contributed by atoms with E-state index in [9.17, 15) is 19.2 Å². The number of hydrogen-bond acceptors (Lipinski definition) is 5. The molecular formula is C9H12N2O7. The Balaban J connectivity index is 2.87. The Bertz CT molecular complexity index is 394. The molecule has 1 amide bonds. The molecule has 1 aliphatic rings. The van der Waals surface area contributed by atoms with E-state index in [0.29, 0.717) is 0 Å². The standard InChI is InChI=1S/C9H12N2O7/c12-6-2-10-4(8(15)16)3-11(6)5(9(17)18)1-7(13)14/h4-5,10H,1-3H2,(H,13,14)(H,15,16)(H,17,18). The summed E-state index contributed by atoms with van der Waals surface area (Å²) in [5.41, 5.74) is 0. The van der Waals surface area contributed by atoms with E-state index in [4.69, 9.17) is 15.3 Å².